The molecule has 0 saturated heterocycles. The topological polar surface area (TPSA) is 78.4 Å². The van der Waals surface area contributed by atoms with Crippen molar-refractivity contribution in [3.8, 4) is 0 Å². The van der Waals surface area contributed by atoms with E-state index < -0.39 is 12.0 Å². The second-order valence-corrected chi connectivity index (χ2v) is 4.54. The van der Waals surface area contributed by atoms with Crippen LogP contribution in [0.1, 0.15) is 52.4 Å². The van der Waals surface area contributed by atoms with Gasteiger partial charge >= 0.3 is 5.97 Å². The highest BCUT2D eigenvalue weighted by atomic mass is 16.4. The Morgan fingerprint density at radius 2 is 1.72 bits per heavy atom. The Morgan fingerprint density at radius 1 is 1.11 bits per heavy atom. The number of carboxylic acid groups (broad SMARTS) is 1. The maximum absolute atomic E-state index is 10.8. The van der Waals surface area contributed by atoms with Crippen LogP contribution < -0.4 is 10.6 Å². The van der Waals surface area contributed by atoms with Gasteiger partial charge in [0.25, 0.3) is 0 Å². The molecule has 1 amide bonds. The molecule has 0 aromatic heterocycles. The van der Waals surface area contributed by atoms with E-state index in [1.54, 1.807) is 0 Å². The molecule has 106 valence electrons. The molecule has 0 aliphatic heterocycles. The monoisotopic (exact) mass is 258 g/mol. The summed E-state index contributed by atoms with van der Waals surface area (Å²) in [7, 11) is 0. The zero-order valence-corrected chi connectivity index (χ0v) is 11.5. The molecule has 0 rings (SSSR count). The standard InChI is InChI=1S/C13H26N2O3/c1-3-4-6-9-14-10-7-5-8-12(13(17)18)15-11(2)16/h12,14H,3-10H2,1-2H3,(H,15,16)(H,17,18)/t12-/m0/s1. The van der Waals surface area contributed by atoms with Crippen molar-refractivity contribution < 1.29 is 14.7 Å². The fourth-order valence-electron chi connectivity index (χ4n) is 1.73. The lowest BCUT2D eigenvalue weighted by atomic mass is 10.1. The number of nitrogens with one attached hydrogen (secondary N) is 2. The lowest BCUT2D eigenvalue weighted by Gasteiger charge is -2.12. The Hall–Kier alpha value is -1.10. The van der Waals surface area contributed by atoms with E-state index in [4.69, 9.17) is 5.11 Å². The largest absolute Gasteiger partial charge is 0.480 e. The number of rotatable bonds is 11. The molecule has 0 saturated carbocycles. The lowest BCUT2D eigenvalue weighted by molar-refractivity contribution is -0.141. The number of carboxylic acids is 1. The Labute approximate surface area is 109 Å². The molecular formula is C13H26N2O3. The van der Waals surface area contributed by atoms with Crippen LogP contribution in [0.4, 0.5) is 0 Å². The van der Waals surface area contributed by atoms with Gasteiger partial charge in [0.1, 0.15) is 6.04 Å². The molecule has 5 nitrogen and oxygen atoms in total. The van der Waals surface area contributed by atoms with Crippen LogP contribution in [0.5, 0.6) is 0 Å². The van der Waals surface area contributed by atoms with Crippen molar-refractivity contribution in [3.05, 3.63) is 0 Å². The number of unbranched alkanes of at least 4 members (excludes halogenated alkanes) is 3. The van der Waals surface area contributed by atoms with Gasteiger partial charge in [0.05, 0.1) is 0 Å². The van der Waals surface area contributed by atoms with E-state index in [2.05, 4.69) is 17.6 Å². The Balaban J connectivity index is 3.49. The third kappa shape index (κ3) is 10.1. The highest BCUT2D eigenvalue weighted by molar-refractivity contribution is 5.81. The first-order valence-corrected chi connectivity index (χ1v) is 6.78. The normalized spacial score (nSPS) is 12.1. The highest BCUT2D eigenvalue weighted by Crippen LogP contribution is 2.01. The van der Waals surface area contributed by atoms with Gasteiger partial charge in [-0.15, -0.1) is 0 Å². The van der Waals surface area contributed by atoms with E-state index in [9.17, 15) is 9.59 Å². The molecule has 0 aliphatic carbocycles. The molecule has 0 unspecified atom stereocenters. The van der Waals surface area contributed by atoms with Crippen molar-refractivity contribution in [3.63, 3.8) is 0 Å². The second kappa shape index (κ2) is 11.0. The summed E-state index contributed by atoms with van der Waals surface area (Å²) in [5.41, 5.74) is 0. The van der Waals surface area contributed by atoms with Crippen molar-refractivity contribution in [2.75, 3.05) is 13.1 Å². The van der Waals surface area contributed by atoms with Gasteiger partial charge in [-0.3, -0.25) is 4.79 Å². The predicted octanol–water partition coefficient (Wildman–Crippen LogP) is 1.53. The zero-order valence-electron chi connectivity index (χ0n) is 11.5. The second-order valence-electron chi connectivity index (χ2n) is 4.54. The van der Waals surface area contributed by atoms with Crippen LogP contribution >= 0.6 is 0 Å². The van der Waals surface area contributed by atoms with E-state index in [1.807, 2.05) is 0 Å². The number of amides is 1. The number of carbonyl (C=O) groups is 2. The Bertz CT molecular complexity index is 244. The average molecular weight is 258 g/mol. The fourth-order valence-corrected chi connectivity index (χ4v) is 1.73. The van der Waals surface area contributed by atoms with Gasteiger partial charge in [-0.05, 0) is 38.8 Å². The molecule has 0 heterocycles. The first kappa shape index (κ1) is 16.9. The smallest absolute Gasteiger partial charge is 0.326 e. The summed E-state index contributed by atoms with van der Waals surface area (Å²) in [5, 5.41) is 14.7. The van der Waals surface area contributed by atoms with Crippen LogP contribution in [0.2, 0.25) is 0 Å². The molecule has 0 radical (unpaired) electrons. The number of carbonyl (C=O) groups excluding carboxylic acids is 1. The molecule has 0 aromatic carbocycles. The molecular weight excluding hydrogens is 232 g/mol. The van der Waals surface area contributed by atoms with Crippen LogP contribution in [0.25, 0.3) is 0 Å². The summed E-state index contributed by atoms with van der Waals surface area (Å²) in [4.78, 5) is 21.7. The van der Waals surface area contributed by atoms with Crippen LogP contribution in [0, 0.1) is 0 Å². The SMILES string of the molecule is CCCCCNCCCC[C@H](NC(C)=O)C(=O)O. The third-order valence-electron chi connectivity index (χ3n) is 2.73. The minimum absolute atomic E-state index is 0.292. The highest BCUT2D eigenvalue weighted by Gasteiger charge is 2.17. The maximum atomic E-state index is 10.8. The molecule has 1 atom stereocenters. The molecule has 0 aliphatic rings. The molecule has 5 heteroatoms. The average Bonchev–Trinajstić information content (AvgIpc) is 2.30. The molecule has 0 fully saturated rings. The Morgan fingerprint density at radius 3 is 2.22 bits per heavy atom. The summed E-state index contributed by atoms with van der Waals surface area (Å²) in [6.45, 7) is 5.46. The quantitative estimate of drug-likeness (QED) is 0.491. The van der Waals surface area contributed by atoms with Crippen molar-refractivity contribution in [2.24, 2.45) is 0 Å². The summed E-state index contributed by atoms with van der Waals surface area (Å²) in [5.74, 6) is -1.25. The maximum Gasteiger partial charge on any atom is 0.326 e. The van der Waals surface area contributed by atoms with E-state index in [0.717, 1.165) is 25.9 Å². The van der Waals surface area contributed by atoms with Crippen molar-refractivity contribution in [1.82, 2.24) is 10.6 Å². The fraction of sp³-hybridized carbons (Fsp3) is 0.846. The summed E-state index contributed by atoms with van der Waals surface area (Å²) in [6, 6.07) is -0.748. The van der Waals surface area contributed by atoms with Crippen LogP contribution in [-0.2, 0) is 9.59 Å². The van der Waals surface area contributed by atoms with Crippen molar-refractivity contribution in [2.45, 2.75) is 58.4 Å². The zero-order chi connectivity index (χ0) is 13.8. The number of hydrogen-bond donors (Lipinski definition) is 3. The predicted molar refractivity (Wildman–Crippen MR) is 71.5 cm³/mol. The minimum atomic E-state index is -0.957. The minimum Gasteiger partial charge on any atom is -0.480 e. The van der Waals surface area contributed by atoms with Gasteiger partial charge in [-0.25, -0.2) is 4.79 Å². The first-order chi connectivity index (χ1) is 8.57. The van der Waals surface area contributed by atoms with Crippen molar-refractivity contribution >= 4 is 11.9 Å². The molecule has 0 aromatic rings. The molecule has 3 N–H and O–H groups in total. The van der Waals surface area contributed by atoms with Gasteiger partial charge in [-0.1, -0.05) is 19.8 Å². The summed E-state index contributed by atoms with van der Waals surface area (Å²) in [6.07, 6.45) is 5.90. The van der Waals surface area contributed by atoms with Crippen LogP contribution in [0.15, 0.2) is 0 Å². The van der Waals surface area contributed by atoms with E-state index in [1.165, 1.54) is 26.2 Å². The van der Waals surface area contributed by atoms with Gasteiger partial charge in [0.15, 0.2) is 0 Å². The molecule has 0 bridgehead atoms. The van der Waals surface area contributed by atoms with Gasteiger partial charge in [-0.2, -0.15) is 0 Å². The number of aliphatic carboxylic acids is 1. The van der Waals surface area contributed by atoms with E-state index >= 15 is 0 Å². The van der Waals surface area contributed by atoms with Gasteiger partial charge in [0.2, 0.25) is 5.91 Å². The van der Waals surface area contributed by atoms with Gasteiger partial charge in [0, 0.05) is 6.92 Å². The van der Waals surface area contributed by atoms with Crippen molar-refractivity contribution in [1.29, 1.82) is 0 Å². The van der Waals surface area contributed by atoms with Gasteiger partial charge < -0.3 is 15.7 Å². The molecule has 0 spiro atoms. The van der Waals surface area contributed by atoms with Crippen LogP contribution in [0.3, 0.4) is 0 Å². The van der Waals surface area contributed by atoms with E-state index in [-0.39, 0.29) is 5.91 Å². The van der Waals surface area contributed by atoms with Crippen LogP contribution in [-0.4, -0.2) is 36.1 Å². The first-order valence-electron chi connectivity index (χ1n) is 6.78. The van der Waals surface area contributed by atoms with E-state index in [0.29, 0.717) is 6.42 Å². The lowest BCUT2D eigenvalue weighted by Crippen LogP contribution is -2.39. The summed E-state index contributed by atoms with van der Waals surface area (Å²) >= 11 is 0. The molecule has 18 heavy (non-hydrogen) atoms. The third-order valence-corrected chi connectivity index (χ3v) is 2.73. The Kier molecular flexibility index (Phi) is 10.3. The number of hydrogen-bond acceptors (Lipinski definition) is 3. The summed E-state index contributed by atoms with van der Waals surface area (Å²) < 4.78 is 0.